The van der Waals surface area contributed by atoms with E-state index >= 15 is 0 Å². The van der Waals surface area contributed by atoms with Gasteiger partial charge in [-0.15, -0.1) is 0 Å². The number of nitrogens with one attached hydrogen (secondary N) is 1. The van der Waals surface area contributed by atoms with Crippen molar-refractivity contribution in [1.82, 2.24) is 0 Å². The highest BCUT2D eigenvalue weighted by molar-refractivity contribution is 6.46. The van der Waals surface area contributed by atoms with E-state index in [2.05, 4.69) is 5.32 Å². The van der Waals surface area contributed by atoms with Crippen molar-refractivity contribution < 1.29 is 23.5 Å². The number of nitrogens with zero attached hydrogens (tertiary/aromatic N) is 1. The molecule has 32 heavy (non-hydrogen) atoms. The van der Waals surface area contributed by atoms with E-state index in [0.717, 1.165) is 10.5 Å². The molecule has 0 radical (unpaired) electrons. The number of imide groups is 1. The minimum Gasteiger partial charge on any atom is -0.493 e. The van der Waals surface area contributed by atoms with Crippen LogP contribution in [0.15, 0.2) is 72.4 Å². The number of amides is 2. The van der Waals surface area contributed by atoms with Gasteiger partial charge in [0.25, 0.3) is 11.8 Å². The van der Waals surface area contributed by atoms with Gasteiger partial charge in [-0.25, -0.2) is 9.29 Å². The molecule has 0 aliphatic carbocycles. The summed E-state index contributed by atoms with van der Waals surface area (Å²) in [6.07, 6.45) is 0. The maximum atomic E-state index is 13.7. The summed E-state index contributed by atoms with van der Waals surface area (Å²) in [5.41, 5.74) is 2.56. The van der Waals surface area contributed by atoms with Crippen LogP contribution in [0.5, 0.6) is 11.5 Å². The van der Waals surface area contributed by atoms with Crippen LogP contribution >= 0.6 is 0 Å². The first-order valence-corrected chi connectivity index (χ1v) is 9.87. The third kappa shape index (κ3) is 3.80. The molecule has 0 aromatic heterocycles. The number of halogens is 1. The van der Waals surface area contributed by atoms with Crippen molar-refractivity contribution in [2.24, 2.45) is 0 Å². The zero-order valence-corrected chi connectivity index (χ0v) is 17.8. The number of benzene rings is 3. The Balaban J connectivity index is 1.82. The van der Waals surface area contributed by atoms with Crippen LogP contribution in [0, 0.1) is 12.7 Å². The van der Waals surface area contributed by atoms with Crippen molar-refractivity contribution in [3.8, 4) is 11.5 Å². The molecule has 1 heterocycles. The molecule has 3 aromatic rings. The fourth-order valence-corrected chi connectivity index (χ4v) is 3.54. The fourth-order valence-electron chi connectivity index (χ4n) is 3.54. The third-order valence-electron chi connectivity index (χ3n) is 5.14. The second-order valence-corrected chi connectivity index (χ2v) is 7.24. The smallest absolute Gasteiger partial charge is 0.282 e. The number of ether oxygens (including phenoxy) is 2. The molecule has 0 saturated heterocycles. The molecule has 0 saturated carbocycles. The van der Waals surface area contributed by atoms with Crippen molar-refractivity contribution in [3.63, 3.8) is 0 Å². The van der Waals surface area contributed by atoms with Gasteiger partial charge < -0.3 is 14.8 Å². The van der Waals surface area contributed by atoms with Gasteiger partial charge in [0, 0.05) is 11.8 Å². The minimum absolute atomic E-state index is 0.0687. The standard InChI is InChI=1S/C25H21FN2O4/c1-15-7-9-16(10-8-15)22-23(27-18-6-4-5-17(26)13-18)25(30)28(24(22)29)19-11-12-20(31-2)21(14-19)32-3/h4-14,27H,1-3H3. The highest BCUT2D eigenvalue weighted by Crippen LogP contribution is 2.37. The Bertz CT molecular complexity index is 1230. The third-order valence-corrected chi connectivity index (χ3v) is 5.14. The van der Waals surface area contributed by atoms with Gasteiger partial charge in [0.15, 0.2) is 11.5 Å². The van der Waals surface area contributed by atoms with Gasteiger partial charge in [-0.1, -0.05) is 35.9 Å². The summed E-state index contributed by atoms with van der Waals surface area (Å²) in [4.78, 5) is 28.0. The summed E-state index contributed by atoms with van der Waals surface area (Å²) in [5.74, 6) is -0.651. The molecule has 3 aromatic carbocycles. The second kappa shape index (κ2) is 8.55. The predicted molar refractivity (Wildman–Crippen MR) is 120 cm³/mol. The van der Waals surface area contributed by atoms with Crippen molar-refractivity contribution in [3.05, 3.63) is 89.4 Å². The van der Waals surface area contributed by atoms with Crippen molar-refractivity contribution in [1.29, 1.82) is 0 Å². The van der Waals surface area contributed by atoms with Crippen LogP contribution < -0.4 is 19.7 Å². The number of methoxy groups -OCH3 is 2. The van der Waals surface area contributed by atoms with E-state index in [1.807, 2.05) is 19.1 Å². The van der Waals surface area contributed by atoms with Crippen LogP contribution in [0.3, 0.4) is 0 Å². The summed E-state index contributed by atoms with van der Waals surface area (Å²) < 4.78 is 24.3. The molecule has 1 aliphatic rings. The molecular formula is C25H21FN2O4. The Labute approximate surface area is 184 Å². The predicted octanol–water partition coefficient (Wildman–Crippen LogP) is 4.55. The maximum absolute atomic E-state index is 13.7. The van der Waals surface area contributed by atoms with Gasteiger partial charge in [-0.05, 0) is 42.8 Å². The normalized spacial score (nSPS) is 13.6. The Morgan fingerprint density at radius 1 is 0.844 bits per heavy atom. The van der Waals surface area contributed by atoms with E-state index in [1.165, 1.54) is 32.4 Å². The van der Waals surface area contributed by atoms with E-state index in [0.29, 0.717) is 28.4 Å². The maximum Gasteiger partial charge on any atom is 0.282 e. The Hall–Kier alpha value is -4.13. The summed E-state index contributed by atoms with van der Waals surface area (Å²) in [6.45, 7) is 1.93. The first-order chi connectivity index (χ1) is 15.4. The van der Waals surface area contributed by atoms with Crippen LogP contribution in [0.2, 0.25) is 0 Å². The molecule has 6 nitrogen and oxygen atoms in total. The topological polar surface area (TPSA) is 67.9 Å². The highest BCUT2D eigenvalue weighted by Gasteiger charge is 2.40. The molecule has 1 N–H and O–H groups in total. The van der Waals surface area contributed by atoms with E-state index in [-0.39, 0.29) is 11.3 Å². The lowest BCUT2D eigenvalue weighted by atomic mass is 10.0. The van der Waals surface area contributed by atoms with Crippen LogP contribution in [-0.2, 0) is 9.59 Å². The molecule has 2 amide bonds. The number of hydrogen-bond donors (Lipinski definition) is 1. The van der Waals surface area contributed by atoms with Gasteiger partial charge in [0.1, 0.15) is 11.5 Å². The number of rotatable bonds is 6. The van der Waals surface area contributed by atoms with E-state index in [9.17, 15) is 14.0 Å². The summed E-state index contributed by atoms with van der Waals surface area (Å²) in [7, 11) is 2.98. The zero-order chi connectivity index (χ0) is 22.8. The second-order valence-electron chi connectivity index (χ2n) is 7.24. The SMILES string of the molecule is COc1ccc(N2C(=O)C(Nc3cccc(F)c3)=C(c3ccc(C)cc3)C2=O)cc1OC. The highest BCUT2D eigenvalue weighted by atomic mass is 19.1. The van der Waals surface area contributed by atoms with Gasteiger partial charge in [-0.3, -0.25) is 9.59 Å². The number of aryl methyl sites for hydroxylation is 1. The number of anilines is 2. The van der Waals surface area contributed by atoms with Crippen molar-refractivity contribution in [2.75, 3.05) is 24.4 Å². The van der Waals surface area contributed by atoms with Gasteiger partial charge in [0.05, 0.1) is 25.5 Å². The van der Waals surface area contributed by atoms with Crippen molar-refractivity contribution >= 4 is 28.8 Å². The van der Waals surface area contributed by atoms with E-state index in [1.54, 1.807) is 36.4 Å². The minimum atomic E-state index is -0.554. The lowest BCUT2D eigenvalue weighted by Gasteiger charge is -2.17. The number of hydrogen-bond acceptors (Lipinski definition) is 5. The molecule has 0 spiro atoms. The number of carbonyl (C=O) groups is 2. The molecule has 0 bridgehead atoms. The van der Waals surface area contributed by atoms with Gasteiger partial charge in [0.2, 0.25) is 0 Å². The van der Waals surface area contributed by atoms with Crippen molar-refractivity contribution in [2.45, 2.75) is 6.92 Å². The molecule has 7 heteroatoms. The lowest BCUT2D eigenvalue weighted by Crippen LogP contribution is -2.32. The van der Waals surface area contributed by atoms with Gasteiger partial charge >= 0.3 is 0 Å². The molecule has 0 fully saturated rings. The van der Waals surface area contributed by atoms with Crippen LogP contribution in [0.1, 0.15) is 11.1 Å². The average Bonchev–Trinajstić information content (AvgIpc) is 3.03. The van der Waals surface area contributed by atoms with E-state index in [4.69, 9.17) is 9.47 Å². The molecular weight excluding hydrogens is 411 g/mol. The van der Waals surface area contributed by atoms with Crippen LogP contribution in [-0.4, -0.2) is 26.0 Å². The van der Waals surface area contributed by atoms with Crippen LogP contribution in [0.25, 0.3) is 5.57 Å². The van der Waals surface area contributed by atoms with Crippen LogP contribution in [0.4, 0.5) is 15.8 Å². The fraction of sp³-hybridized carbons (Fsp3) is 0.120. The first kappa shape index (κ1) is 21.1. The monoisotopic (exact) mass is 432 g/mol. The van der Waals surface area contributed by atoms with E-state index < -0.39 is 17.6 Å². The summed E-state index contributed by atoms with van der Waals surface area (Å²) >= 11 is 0. The lowest BCUT2D eigenvalue weighted by molar-refractivity contribution is -0.120. The Kier molecular flexibility index (Phi) is 5.64. The first-order valence-electron chi connectivity index (χ1n) is 9.87. The number of carbonyl (C=O) groups excluding carboxylic acids is 2. The molecule has 0 atom stereocenters. The average molecular weight is 432 g/mol. The van der Waals surface area contributed by atoms with Gasteiger partial charge in [-0.2, -0.15) is 0 Å². The zero-order valence-electron chi connectivity index (χ0n) is 17.8. The molecule has 1 aliphatic heterocycles. The molecule has 0 unspecified atom stereocenters. The summed E-state index contributed by atoms with van der Waals surface area (Å²) in [6, 6.07) is 17.8. The molecule has 162 valence electrons. The Morgan fingerprint density at radius 2 is 1.56 bits per heavy atom. The largest absolute Gasteiger partial charge is 0.493 e. The quantitative estimate of drug-likeness (QED) is 0.579. The summed E-state index contributed by atoms with van der Waals surface area (Å²) in [5, 5.41) is 2.95. The molecule has 4 rings (SSSR count). The Morgan fingerprint density at radius 3 is 2.22 bits per heavy atom.